The largest absolute Gasteiger partial charge is 0.464 e. The van der Waals surface area contributed by atoms with E-state index in [1.54, 1.807) is 12.1 Å². The van der Waals surface area contributed by atoms with Crippen LogP contribution in [0.15, 0.2) is 70.2 Å². The van der Waals surface area contributed by atoms with Crippen LogP contribution in [0.3, 0.4) is 0 Å². The number of nitro benzene ring substituents is 1. The number of non-ortho nitro benzene ring substituents is 1. The Balaban J connectivity index is 1.44. The van der Waals surface area contributed by atoms with Crippen LogP contribution >= 0.6 is 15.9 Å². The van der Waals surface area contributed by atoms with Crippen molar-refractivity contribution < 1.29 is 19.1 Å². The highest BCUT2D eigenvalue weighted by atomic mass is 79.9. The molecule has 160 valence electrons. The van der Waals surface area contributed by atoms with Crippen molar-refractivity contribution in [3.8, 4) is 17.2 Å². The zero-order valence-corrected chi connectivity index (χ0v) is 18.2. The van der Waals surface area contributed by atoms with Gasteiger partial charge in [0.25, 0.3) is 5.69 Å². The number of halogens is 1. The SMILES string of the molecule is O=[N+]([O-])c1cccc(C2Oc3ccc(Br)cc3C3CC(c4ccc5c(c4)OCO5)=NN32)c1. The molecule has 3 aliphatic heterocycles. The molecular weight excluding hydrogens is 478 g/mol. The van der Waals surface area contributed by atoms with Crippen LogP contribution in [-0.2, 0) is 0 Å². The van der Waals surface area contributed by atoms with E-state index < -0.39 is 11.2 Å². The predicted molar refractivity (Wildman–Crippen MR) is 119 cm³/mol. The lowest BCUT2D eigenvalue weighted by Gasteiger charge is -2.38. The van der Waals surface area contributed by atoms with E-state index >= 15 is 0 Å². The number of nitro groups is 1. The topological polar surface area (TPSA) is 86.4 Å². The number of benzene rings is 3. The number of hydrazone groups is 1. The number of ether oxygens (including phenoxy) is 3. The van der Waals surface area contributed by atoms with Gasteiger partial charge < -0.3 is 14.2 Å². The first kappa shape index (κ1) is 19.1. The second kappa shape index (κ2) is 7.23. The van der Waals surface area contributed by atoms with Gasteiger partial charge in [0.15, 0.2) is 11.5 Å². The Morgan fingerprint density at radius 2 is 1.88 bits per heavy atom. The van der Waals surface area contributed by atoms with Gasteiger partial charge in [-0.2, -0.15) is 5.10 Å². The van der Waals surface area contributed by atoms with Crippen molar-refractivity contribution in [3.63, 3.8) is 0 Å². The van der Waals surface area contributed by atoms with Gasteiger partial charge in [0.1, 0.15) is 5.75 Å². The molecule has 3 heterocycles. The maximum absolute atomic E-state index is 11.3. The van der Waals surface area contributed by atoms with Crippen LogP contribution in [0.5, 0.6) is 17.2 Å². The molecule has 3 aromatic rings. The first-order valence-corrected chi connectivity index (χ1v) is 10.8. The van der Waals surface area contributed by atoms with Crippen molar-refractivity contribution in [3.05, 3.63) is 91.9 Å². The summed E-state index contributed by atoms with van der Waals surface area (Å²) in [6, 6.07) is 18.1. The first-order chi connectivity index (χ1) is 15.6. The van der Waals surface area contributed by atoms with Crippen molar-refractivity contribution in [2.75, 3.05) is 6.79 Å². The summed E-state index contributed by atoms with van der Waals surface area (Å²) in [6.07, 6.45) is 0.0813. The fourth-order valence-corrected chi connectivity index (χ4v) is 4.70. The van der Waals surface area contributed by atoms with Gasteiger partial charge >= 0.3 is 0 Å². The summed E-state index contributed by atoms with van der Waals surface area (Å²) >= 11 is 3.55. The third kappa shape index (κ3) is 3.08. The Morgan fingerprint density at radius 1 is 1.03 bits per heavy atom. The molecule has 32 heavy (non-hydrogen) atoms. The van der Waals surface area contributed by atoms with E-state index in [-0.39, 0.29) is 18.5 Å². The molecule has 2 unspecified atom stereocenters. The van der Waals surface area contributed by atoms with Crippen LogP contribution in [-0.4, -0.2) is 22.4 Å². The minimum absolute atomic E-state index is 0.0171. The van der Waals surface area contributed by atoms with E-state index in [1.165, 1.54) is 6.07 Å². The third-order valence-corrected chi connectivity index (χ3v) is 6.32. The van der Waals surface area contributed by atoms with Gasteiger partial charge in [-0.05, 0) is 36.4 Å². The summed E-state index contributed by atoms with van der Waals surface area (Å²) in [6.45, 7) is 0.212. The Hall–Kier alpha value is -3.59. The van der Waals surface area contributed by atoms with E-state index in [4.69, 9.17) is 19.3 Å². The van der Waals surface area contributed by atoms with Crippen LogP contribution in [0.2, 0.25) is 0 Å². The Morgan fingerprint density at radius 3 is 2.75 bits per heavy atom. The average Bonchev–Trinajstić information content (AvgIpc) is 3.45. The van der Waals surface area contributed by atoms with Gasteiger partial charge in [0.05, 0.1) is 16.7 Å². The van der Waals surface area contributed by atoms with Crippen molar-refractivity contribution >= 4 is 27.3 Å². The van der Waals surface area contributed by atoms with Crippen LogP contribution in [0.25, 0.3) is 0 Å². The molecule has 0 amide bonds. The molecule has 0 saturated heterocycles. The second-order valence-corrected chi connectivity index (χ2v) is 8.63. The lowest BCUT2D eigenvalue weighted by molar-refractivity contribution is -0.385. The zero-order valence-electron chi connectivity index (χ0n) is 16.6. The van der Waals surface area contributed by atoms with Crippen LogP contribution in [0.4, 0.5) is 5.69 Å². The van der Waals surface area contributed by atoms with E-state index in [9.17, 15) is 10.1 Å². The van der Waals surface area contributed by atoms with E-state index in [1.807, 2.05) is 47.5 Å². The molecule has 3 aromatic carbocycles. The molecule has 0 fully saturated rings. The maximum Gasteiger partial charge on any atom is 0.269 e. The molecule has 0 bridgehead atoms. The minimum atomic E-state index is -0.583. The summed E-state index contributed by atoms with van der Waals surface area (Å²) in [4.78, 5) is 10.9. The minimum Gasteiger partial charge on any atom is -0.464 e. The summed E-state index contributed by atoms with van der Waals surface area (Å²) in [5.41, 5.74) is 3.54. The van der Waals surface area contributed by atoms with Crippen molar-refractivity contribution in [1.82, 2.24) is 5.01 Å². The smallest absolute Gasteiger partial charge is 0.269 e. The van der Waals surface area contributed by atoms with Crippen molar-refractivity contribution in [2.45, 2.75) is 18.7 Å². The molecule has 0 aliphatic carbocycles. The summed E-state index contributed by atoms with van der Waals surface area (Å²) in [7, 11) is 0. The number of nitrogens with zero attached hydrogens (tertiary/aromatic N) is 3. The second-order valence-electron chi connectivity index (χ2n) is 7.72. The standard InChI is InChI=1S/C23H16BrN3O5/c24-15-5-7-20-17(10-15)19-11-18(13-4-6-21-22(9-13)31-12-30-21)25-26(19)23(32-20)14-2-1-3-16(8-14)27(28)29/h1-10,19,23H,11-12H2. The summed E-state index contributed by atoms with van der Waals surface area (Å²) < 4.78 is 18.2. The number of hydrogen-bond acceptors (Lipinski definition) is 7. The molecule has 0 N–H and O–H groups in total. The van der Waals surface area contributed by atoms with Gasteiger partial charge in [-0.3, -0.25) is 10.1 Å². The number of rotatable bonds is 3. The highest BCUT2D eigenvalue weighted by Gasteiger charge is 2.41. The van der Waals surface area contributed by atoms with Crippen molar-refractivity contribution in [1.29, 1.82) is 0 Å². The lowest BCUT2D eigenvalue weighted by Crippen LogP contribution is -2.33. The van der Waals surface area contributed by atoms with Crippen LogP contribution in [0, 0.1) is 10.1 Å². The fraction of sp³-hybridized carbons (Fsp3) is 0.174. The average molecular weight is 494 g/mol. The summed E-state index contributed by atoms with van der Waals surface area (Å²) in [5, 5.41) is 18.1. The molecule has 0 spiro atoms. The first-order valence-electron chi connectivity index (χ1n) is 10.0. The molecule has 9 heteroatoms. The monoisotopic (exact) mass is 493 g/mol. The normalized spacial score (nSPS) is 20.3. The summed E-state index contributed by atoms with van der Waals surface area (Å²) in [5.74, 6) is 2.16. The number of fused-ring (bicyclic) bond motifs is 4. The molecule has 3 aliphatic rings. The Labute approximate surface area is 191 Å². The quantitative estimate of drug-likeness (QED) is 0.362. The van der Waals surface area contributed by atoms with Gasteiger partial charge in [-0.1, -0.05) is 28.1 Å². The fourth-order valence-electron chi connectivity index (χ4n) is 4.32. The molecular formula is C23H16BrN3O5. The van der Waals surface area contributed by atoms with E-state index in [0.717, 1.165) is 32.8 Å². The molecule has 8 nitrogen and oxygen atoms in total. The maximum atomic E-state index is 11.3. The molecule has 0 radical (unpaired) electrons. The third-order valence-electron chi connectivity index (χ3n) is 5.82. The lowest BCUT2D eigenvalue weighted by atomic mass is 9.95. The number of hydrogen-bond donors (Lipinski definition) is 0. The van der Waals surface area contributed by atoms with Gasteiger partial charge in [0, 0.05) is 39.7 Å². The van der Waals surface area contributed by atoms with E-state index in [0.29, 0.717) is 17.7 Å². The highest BCUT2D eigenvalue weighted by Crippen LogP contribution is 2.48. The molecule has 6 rings (SSSR count). The predicted octanol–water partition coefficient (Wildman–Crippen LogP) is 5.33. The Kier molecular flexibility index (Phi) is 4.32. The van der Waals surface area contributed by atoms with Gasteiger partial charge in [0.2, 0.25) is 13.0 Å². The highest BCUT2D eigenvalue weighted by molar-refractivity contribution is 9.10. The van der Waals surface area contributed by atoms with Crippen LogP contribution in [0.1, 0.15) is 35.4 Å². The molecule has 0 aromatic heterocycles. The molecule has 0 saturated carbocycles. The Bertz CT molecular complexity index is 1290. The van der Waals surface area contributed by atoms with Gasteiger partial charge in [-0.15, -0.1) is 0 Å². The van der Waals surface area contributed by atoms with Gasteiger partial charge in [-0.25, -0.2) is 5.01 Å². The molecule has 2 atom stereocenters. The van der Waals surface area contributed by atoms with Crippen LogP contribution < -0.4 is 14.2 Å². The van der Waals surface area contributed by atoms with Crippen molar-refractivity contribution in [2.24, 2.45) is 5.10 Å². The zero-order chi connectivity index (χ0) is 21.8. The van der Waals surface area contributed by atoms with E-state index in [2.05, 4.69) is 15.9 Å².